The molecular formula is C16H16N2O4S. The van der Waals surface area contributed by atoms with Crippen molar-refractivity contribution < 1.29 is 18.0 Å². The average Bonchev–Trinajstić information content (AvgIpc) is 2.47. The molecule has 2 rings (SSSR count). The SMILES string of the molecule is Cc1ccc(C(=O)CS(=O)(=O)NC(=O)Nc2ccccc2)cc1. The maximum Gasteiger partial charge on any atom is 0.332 e. The Balaban J connectivity index is 1.97. The summed E-state index contributed by atoms with van der Waals surface area (Å²) in [4.78, 5) is 23.6. The van der Waals surface area contributed by atoms with Crippen LogP contribution in [0.2, 0.25) is 0 Å². The minimum Gasteiger partial charge on any atom is -0.307 e. The van der Waals surface area contributed by atoms with Crippen molar-refractivity contribution in [1.29, 1.82) is 0 Å². The van der Waals surface area contributed by atoms with Gasteiger partial charge in [-0.15, -0.1) is 0 Å². The van der Waals surface area contributed by atoms with Gasteiger partial charge in [0.2, 0.25) is 10.0 Å². The van der Waals surface area contributed by atoms with Crippen LogP contribution < -0.4 is 10.0 Å². The molecule has 0 aliphatic carbocycles. The molecule has 0 aliphatic rings. The molecule has 2 N–H and O–H groups in total. The Hall–Kier alpha value is -2.67. The molecule has 0 saturated heterocycles. The first-order valence-corrected chi connectivity index (χ1v) is 8.47. The zero-order chi connectivity index (χ0) is 16.9. The number of ketones is 1. The molecule has 6 nitrogen and oxygen atoms in total. The predicted molar refractivity (Wildman–Crippen MR) is 87.9 cm³/mol. The van der Waals surface area contributed by atoms with Gasteiger partial charge in [-0.2, -0.15) is 0 Å². The summed E-state index contributed by atoms with van der Waals surface area (Å²) in [6.45, 7) is 1.86. The molecule has 23 heavy (non-hydrogen) atoms. The number of nitrogens with one attached hydrogen (secondary N) is 2. The van der Waals surface area contributed by atoms with Gasteiger partial charge in [-0.05, 0) is 19.1 Å². The number of hydrogen-bond acceptors (Lipinski definition) is 4. The smallest absolute Gasteiger partial charge is 0.307 e. The number of anilines is 1. The van der Waals surface area contributed by atoms with E-state index in [2.05, 4.69) is 5.32 Å². The van der Waals surface area contributed by atoms with Crippen molar-refractivity contribution in [2.24, 2.45) is 0 Å². The molecule has 7 heteroatoms. The van der Waals surface area contributed by atoms with Gasteiger partial charge in [0.25, 0.3) is 0 Å². The molecule has 0 saturated carbocycles. The number of amides is 2. The van der Waals surface area contributed by atoms with Crippen molar-refractivity contribution in [2.45, 2.75) is 6.92 Å². The van der Waals surface area contributed by atoms with Crippen molar-refractivity contribution in [3.8, 4) is 0 Å². The largest absolute Gasteiger partial charge is 0.332 e. The molecule has 0 heterocycles. The Morgan fingerprint density at radius 1 is 0.957 bits per heavy atom. The Morgan fingerprint density at radius 2 is 1.57 bits per heavy atom. The minimum atomic E-state index is -4.07. The standard InChI is InChI=1S/C16H16N2O4S/c1-12-7-9-13(10-8-12)15(19)11-23(21,22)18-16(20)17-14-5-3-2-4-6-14/h2-10H,11H2,1H3,(H2,17,18,20). The van der Waals surface area contributed by atoms with E-state index in [-0.39, 0.29) is 5.56 Å². The monoisotopic (exact) mass is 332 g/mol. The number of Topliss-reactive ketones (excluding diaryl/α,β-unsaturated/α-hetero) is 1. The second kappa shape index (κ2) is 7.06. The first-order valence-electron chi connectivity index (χ1n) is 6.82. The number of carbonyl (C=O) groups excluding carboxylic acids is 2. The third kappa shape index (κ3) is 5.23. The average molecular weight is 332 g/mol. The lowest BCUT2D eigenvalue weighted by Crippen LogP contribution is -2.37. The maximum atomic E-state index is 12.0. The quantitative estimate of drug-likeness (QED) is 0.822. The molecule has 0 aromatic heterocycles. The highest BCUT2D eigenvalue weighted by Gasteiger charge is 2.20. The molecule has 2 aromatic rings. The zero-order valence-electron chi connectivity index (χ0n) is 12.4. The summed E-state index contributed by atoms with van der Waals surface area (Å²) in [5.74, 6) is -1.37. The number of urea groups is 1. The summed E-state index contributed by atoms with van der Waals surface area (Å²) in [5.41, 5.74) is 1.69. The summed E-state index contributed by atoms with van der Waals surface area (Å²) in [6, 6.07) is 14.0. The molecule has 0 spiro atoms. The van der Waals surface area contributed by atoms with E-state index < -0.39 is 27.6 Å². The van der Waals surface area contributed by atoms with Crippen molar-refractivity contribution in [1.82, 2.24) is 4.72 Å². The highest BCUT2D eigenvalue weighted by atomic mass is 32.2. The Labute approximate surface area is 134 Å². The number of sulfonamides is 1. The Kier molecular flexibility index (Phi) is 5.13. The summed E-state index contributed by atoms with van der Waals surface area (Å²) in [6.07, 6.45) is 0. The van der Waals surface area contributed by atoms with E-state index in [1.165, 1.54) is 0 Å². The van der Waals surface area contributed by atoms with Crippen LogP contribution in [0.1, 0.15) is 15.9 Å². The third-order valence-electron chi connectivity index (χ3n) is 2.97. The highest BCUT2D eigenvalue weighted by Crippen LogP contribution is 2.07. The molecule has 120 valence electrons. The lowest BCUT2D eigenvalue weighted by atomic mass is 10.1. The van der Waals surface area contributed by atoms with E-state index in [0.717, 1.165) is 5.56 Å². The molecular weight excluding hydrogens is 316 g/mol. The fourth-order valence-corrected chi connectivity index (χ4v) is 2.77. The number of aryl methyl sites for hydroxylation is 1. The lowest BCUT2D eigenvalue weighted by molar-refractivity contribution is 0.102. The number of benzene rings is 2. The summed E-state index contributed by atoms with van der Waals surface area (Å²) in [5, 5.41) is 2.38. The summed E-state index contributed by atoms with van der Waals surface area (Å²) in [7, 11) is -4.07. The van der Waals surface area contributed by atoms with Gasteiger partial charge in [0.15, 0.2) is 5.78 Å². The fraction of sp³-hybridized carbons (Fsp3) is 0.125. The summed E-state index contributed by atoms with van der Waals surface area (Å²) < 4.78 is 25.6. The van der Waals surface area contributed by atoms with Crippen LogP contribution in [-0.2, 0) is 10.0 Å². The van der Waals surface area contributed by atoms with E-state index in [4.69, 9.17) is 0 Å². The van der Waals surface area contributed by atoms with Gasteiger partial charge < -0.3 is 5.32 Å². The fourth-order valence-electron chi connectivity index (χ4n) is 1.85. The van der Waals surface area contributed by atoms with Crippen molar-refractivity contribution >= 4 is 27.5 Å². The number of hydrogen-bond donors (Lipinski definition) is 2. The van der Waals surface area contributed by atoms with Crippen LogP contribution in [0.4, 0.5) is 10.5 Å². The molecule has 0 unspecified atom stereocenters. The van der Waals surface area contributed by atoms with E-state index in [1.54, 1.807) is 54.6 Å². The molecule has 2 aromatic carbocycles. The van der Waals surface area contributed by atoms with Crippen LogP contribution >= 0.6 is 0 Å². The van der Waals surface area contributed by atoms with E-state index in [9.17, 15) is 18.0 Å². The van der Waals surface area contributed by atoms with Gasteiger partial charge in [0, 0.05) is 11.3 Å². The van der Waals surface area contributed by atoms with Crippen molar-refractivity contribution in [3.05, 3.63) is 65.7 Å². The van der Waals surface area contributed by atoms with Crippen molar-refractivity contribution in [3.63, 3.8) is 0 Å². The van der Waals surface area contributed by atoms with E-state index >= 15 is 0 Å². The van der Waals surface area contributed by atoms with Crippen LogP contribution in [0.5, 0.6) is 0 Å². The number of carbonyl (C=O) groups is 2. The third-order valence-corrected chi connectivity index (χ3v) is 4.11. The van der Waals surface area contributed by atoms with Gasteiger partial charge in [0.1, 0.15) is 5.75 Å². The lowest BCUT2D eigenvalue weighted by Gasteiger charge is -2.08. The number of para-hydroxylation sites is 1. The Bertz CT molecular complexity index is 800. The topological polar surface area (TPSA) is 92.3 Å². The molecule has 0 radical (unpaired) electrons. The minimum absolute atomic E-state index is 0.282. The van der Waals surface area contributed by atoms with E-state index in [1.807, 2.05) is 11.6 Å². The van der Waals surface area contributed by atoms with Gasteiger partial charge in [-0.3, -0.25) is 4.79 Å². The zero-order valence-corrected chi connectivity index (χ0v) is 13.3. The highest BCUT2D eigenvalue weighted by molar-refractivity contribution is 7.90. The van der Waals surface area contributed by atoms with Crippen LogP contribution in [0.3, 0.4) is 0 Å². The predicted octanol–water partition coefficient (Wildman–Crippen LogP) is 2.33. The van der Waals surface area contributed by atoms with Gasteiger partial charge in [-0.25, -0.2) is 17.9 Å². The van der Waals surface area contributed by atoms with Crippen LogP contribution in [-0.4, -0.2) is 26.0 Å². The molecule has 0 bridgehead atoms. The normalized spacial score (nSPS) is 10.8. The van der Waals surface area contributed by atoms with Crippen LogP contribution in [0, 0.1) is 6.92 Å². The van der Waals surface area contributed by atoms with E-state index in [0.29, 0.717) is 5.69 Å². The summed E-state index contributed by atoms with van der Waals surface area (Å²) >= 11 is 0. The second-order valence-corrected chi connectivity index (χ2v) is 6.69. The van der Waals surface area contributed by atoms with Gasteiger partial charge >= 0.3 is 6.03 Å². The first kappa shape index (κ1) is 16.7. The van der Waals surface area contributed by atoms with Crippen LogP contribution in [0.15, 0.2) is 54.6 Å². The molecule has 0 aliphatic heterocycles. The van der Waals surface area contributed by atoms with Gasteiger partial charge in [-0.1, -0.05) is 48.0 Å². The Morgan fingerprint density at radius 3 is 2.17 bits per heavy atom. The second-order valence-electron chi connectivity index (χ2n) is 4.97. The van der Waals surface area contributed by atoms with Gasteiger partial charge in [0.05, 0.1) is 0 Å². The van der Waals surface area contributed by atoms with Crippen LogP contribution in [0.25, 0.3) is 0 Å². The molecule has 2 amide bonds. The van der Waals surface area contributed by atoms with Crippen molar-refractivity contribution in [2.75, 3.05) is 11.1 Å². The maximum absolute atomic E-state index is 12.0. The first-order chi connectivity index (χ1) is 10.9. The number of rotatable bonds is 5. The molecule has 0 fully saturated rings. The molecule has 0 atom stereocenters.